The highest BCUT2D eigenvalue weighted by Gasteiger charge is 2.17. The minimum atomic E-state index is -0.779. The molecule has 0 saturated heterocycles. The molecule has 0 heterocycles. The van der Waals surface area contributed by atoms with E-state index in [2.05, 4.69) is 5.32 Å². The number of aryl methyl sites for hydroxylation is 1. The highest BCUT2D eigenvalue weighted by Crippen LogP contribution is 2.07. The van der Waals surface area contributed by atoms with Crippen molar-refractivity contribution in [1.29, 1.82) is 0 Å². The Labute approximate surface area is 102 Å². The summed E-state index contributed by atoms with van der Waals surface area (Å²) in [7, 11) is 1.55. The van der Waals surface area contributed by atoms with E-state index in [4.69, 9.17) is 5.73 Å². The lowest BCUT2D eigenvalue weighted by molar-refractivity contribution is -0.122. The molecule has 4 N–H and O–H groups in total. The lowest BCUT2D eigenvalue weighted by Gasteiger charge is -2.17. The average molecular weight is 236 g/mol. The van der Waals surface area contributed by atoms with Gasteiger partial charge in [0.05, 0.1) is 12.5 Å². The standard InChI is InChI=1S/C13H20N2O2/c1-15-13(17)9-12(16)11(14)8-7-10-5-3-2-4-6-10/h2-6,11-12,16H,7-9,14H2,1H3,(H,15,17). The normalized spacial score (nSPS) is 14.1. The Morgan fingerprint density at radius 2 is 2.06 bits per heavy atom. The van der Waals surface area contributed by atoms with Gasteiger partial charge in [0.2, 0.25) is 5.91 Å². The van der Waals surface area contributed by atoms with E-state index < -0.39 is 6.10 Å². The Hall–Kier alpha value is -1.39. The van der Waals surface area contributed by atoms with Gasteiger partial charge in [0.1, 0.15) is 0 Å². The monoisotopic (exact) mass is 236 g/mol. The molecule has 0 aliphatic rings. The number of nitrogens with one attached hydrogen (secondary N) is 1. The summed E-state index contributed by atoms with van der Waals surface area (Å²) in [6, 6.07) is 9.59. The summed E-state index contributed by atoms with van der Waals surface area (Å²) in [4.78, 5) is 11.1. The van der Waals surface area contributed by atoms with E-state index in [1.807, 2.05) is 30.3 Å². The fourth-order valence-corrected chi connectivity index (χ4v) is 1.61. The molecule has 0 aliphatic heterocycles. The van der Waals surface area contributed by atoms with Gasteiger partial charge in [-0.25, -0.2) is 0 Å². The van der Waals surface area contributed by atoms with Gasteiger partial charge in [0, 0.05) is 13.1 Å². The van der Waals surface area contributed by atoms with Crippen LogP contribution in [0.3, 0.4) is 0 Å². The number of aliphatic hydroxyl groups is 1. The van der Waals surface area contributed by atoms with Gasteiger partial charge >= 0.3 is 0 Å². The highest BCUT2D eigenvalue weighted by atomic mass is 16.3. The molecule has 0 aliphatic carbocycles. The van der Waals surface area contributed by atoms with Crippen LogP contribution in [0.25, 0.3) is 0 Å². The average Bonchev–Trinajstić information content (AvgIpc) is 2.36. The van der Waals surface area contributed by atoms with Crippen molar-refractivity contribution in [3.8, 4) is 0 Å². The van der Waals surface area contributed by atoms with Crippen LogP contribution in [0.2, 0.25) is 0 Å². The molecule has 2 atom stereocenters. The van der Waals surface area contributed by atoms with Crippen LogP contribution in [0, 0.1) is 0 Å². The molecule has 94 valence electrons. The number of benzene rings is 1. The molecule has 1 aromatic carbocycles. The topological polar surface area (TPSA) is 75.3 Å². The molecule has 0 bridgehead atoms. The van der Waals surface area contributed by atoms with Crippen LogP contribution in [0.1, 0.15) is 18.4 Å². The van der Waals surface area contributed by atoms with Crippen molar-refractivity contribution < 1.29 is 9.90 Å². The molecule has 1 rings (SSSR count). The zero-order valence-corrected chi connectivity index (χ0v) is 10.1. The Morgan fingerprint density at radius 3 is 2.65 bits per heavy atom. The second kappa shape index (κ2) is 7.04. The first-order valence-corrected chi connectivity index (χ1v) is 5.81. The van der Waals surface area contributed by atoms with Crippen molar-refractivity contribution in [1.82, 2.24) is 5.32 Å². The van der Waals surface area contributed by atoms with Crippen LogP contribution in [0.5, 0.6) is 0 Å². The maximum Gasteiger partial charge on any atom is 0.222 e. The second-order valence-corrected chi connectivity index (χ2v) is 4.13. The third kappa shape index (κ3) is 4.97. The summed E-state index contributed by atoms with van der Waals surface area (Å²) in [5.41, 5.74) is 7.03. The van der Waals surface area contributed by atoms with Gasteiger partial charge in [-0.3, -0.25) is 4.79 Å². The van der Waals surface area contributed by atoms with Crippen LogP contribution in [-0.2, 0) is 11.2 Å². The number of hydrogen-bond donors (Lipinski definition) is 3. The first-order chi connectivity index (χ1) is 8.13. The van der Waals surface area contributed by atoms with Crippen molar-refractivity contribution >= 4 is 5.91 Å². The van der Waals surface area contributed by atoms with Gasteiger partial charge in [-0.2, -0.15) is 0 Å². The van der Waals surface area contributed by atoms with E-state index >= 15 is 0 Å². The molecule has 1 aromatic rings. The zero-order valence-electron chi connectivity index (χ0n) is 10.1. The van der Waals surface area contributed by atoms with Gasteiger partial charge in [0.15, 0.2) is 0 Å². The van der Waals surface area contributed by atoms with Gasteiger partial charge < -0.3 is 16.2 Å². The molecular weight excluding hydrogens is 216 g/mol. The lowest BCUT2D eigenvalue weighted by atomic mass is 10.00. The number of hydrogen-bond acceptors (Lipinski definition) is 3. The Bertz CT molecular complexity index is 341. The van der Waals surface area contributed by atoms with E-state index in [9.17, 15) is 9.90 Å². The fourth-order valence-electron chi connectivity index (χ4n) is 1.61. The Morgan fingerprint density at radius 1 is 1.41 bits per heavy atom. The summed E-state index contributed by atoms with van der Waals surface area (Å²) in [5.74, 6) is -0.187. The summed E-state index contributed by atoms with van der Waals surface area (Å²) in [5, 5.41) is 12.2. The molecule has 0 saturated carbocycles. The molecule has 4 nitrogen and oxygen atoms in total. The first kappa shape index (κ1) is 13.7. The van der Waals surface area contributed by atoms with Crippen molar-refractivity contribution in [2.45, 2.75) is 31.4 Å². The van der Waals surface area contributed by atoms with Crippen molar-refractivity contribution in [3.63, 3.8) is 0 Å². The smallest absolute Gasteiger partial charge is 0.222 e. The summed E-state index contributed by atoms with van der Waals surface area (Å²) in [6.07, 6.45) is 0.764. The van der Waals surface area contributed by atoms with Gasteiger partial charge in [0.25, 0.3) is 0 Å². The summed E-state index contributed by atoms with van der Waals surface area (Å²) in [6.45, 7) is 0. The molecule has 4 heteroatoms. The van der Waals surface area contributed by atoms with E-state index in [-0.39, 0.29) is 18.4 Å². The number of carbonyl (C=O) groups is 1. The SMILES string of the molecule is CNC(=O)CC(O)C(N)CCc1ccccc1. The Balaban J connectivity index is 2.34. The van der Waals surface area contributed by atoms with Crippen LogP contribution < -0.4 is 11.1 Å². The predicted molar refractivity (Wildman–Crippen MR) is 67.4 cm³/mol. The maximum atomic E-state index is 11.1. The predicted octanol–water partition coefficient (Wildman–Crippen LogP) is 0.444. The molecule has 1 amide bonds. The van der Waals surface area contributed by atoms with Crippen molar-refractivity contribution in [3.05, 3.63) is 35.9 Å². The van der Waals surface area contributed by atoms with Crippen molar-refractivity contribution in [2.75, 3.05) is 7.05 Å². The van der Waals surface area contributed by atoms with Crippen LogP contribution in [-0.4, -0.2) is 30.2 Å². The molecular formula is C13H20N2O2. The minimum absolute atomic E-state index is 0.0620. The molecule has 0 radical (unpaired) electrons. The zero-order chi connectivity index (χ0) is 12.7. The molecule has 0 spiro atoms. The van der Waals surface area contributed by atoms with Crippen LogP contribution in [0.15, 0.2) is 30.3 Å². The second-order valence-electron chi connectivity index (χ2n) is 4.13. The fraction of sp³-hybridized carbons (Fsp3) is 0.462. The number of aliphatic hydroxyl groups excluding tert-OH is 1. The molecule has 0 aromatic heterocycles. The summed E-state index contributed by atoms with van der Waals surface area (Å²) < 4.78 is 0. The Kier molecular flexibility index (Phi) is 5.66. The first-order valence-electron chi connectivity index (χ1n) is 5.81. The maximum absolute atomic E-state index is 11.1. The lowest BCUT2D eigenvalue weighted by Crippen LogP contribution is -2.38. The molecule has 17 heavy (non-hydrogen) atoms. The van der Waals surface area contributed by atoms with E-state index in [1.54, 1.807) is 7.05 Å². The largest absolute Gasteiger partial charge is 0.391 e. The quantitative estimate of drug-likeness (QED) is 0.671. The van der Waals surface area contributed by atoms with Crippen molar-refractivity contribution in [2.24, 2.45) is 5.73 Å². The van der Waals surface area contributed by atoms with E-state index in [0.717, 1.165) is 6.42 Å². The van der Waals surface area contributed by atoms with Gasteiger partial charge in [-0.05, 0) is 18.4 Å². The number of amides is 1. The third-order valence-electron chi connectivity index (χ3n) is 2.78. The van der Waals surface area contributed by atoms with Crippen LogP contribution >= 0.6 is 0 Å². The van der Waals surface area contributed by atoms with Crippen LogP contribution in [0.4, 0.5) is 0 Å². The minimum Gasteiger partial charge on any atom is -0.391 e. The number of nitrogens with two attached hydrogens (primary N) is 1. The summed E-state index contributed by atoms with van der Waals surface area (Å²) >= 11 is 0. The molecule has 2 unspecified atom stereocenters. The van der Waals surface area contributed by atoms with Gasteiger partial charge in [-0.15, -0.1) is 0 Å². The highest BCUT2D eigenvalue weighted by molar-refractivity contribution is 5.76. The molecule has 0 fully saturated rings. The van der Waals surface area contributed by atoms with E-state index in [0.29, 0.717) is 6.42 Å². The number of rotatable bonds is 6. The number of carbonyl (C=O) groups excluding carboxylic acids is 1. The van der Waals surface area contributed by atoms with Gasteiger partial charge in [-0.1, -0.05) is 30.3 Å². The third-order valence-corrected chi connectivity index (χ3v) is 2.78. The van der Waals surface area contributed by atoms with E-state index in [1.165, 1.54) is 5.56 Å².